The number of hydrogen-bond donors (Lipinski definition) is 1. The van der Waals surface area contributed by atoms with E-state index in [9.17, 15) is 19.1 Å². The molecule has 1 saturated carbocycles. The van der Waals surface area contributed by atoms with Crippen molar-refractivity contribution in [2.45, 2.75) is 18.9 Å². The number of rotatable bonds is 2. The lowest BCUT2D eigenvalue weighted by molar-refractivity contribution is 0.0695. The fourth-order valence-corrected chi connectivity index (χ4v) is 3.83. The van der Waals surface area contributed by atoms with Crippen LogP contribution in [0.5, 0.6) is 0 Å². The smallest absolute Gasteiger partial charge is 0.341 e. The van der Waals surface area contributed by atoms with Crippen LogP contribution < -0.4 is 5.43 Å². The monoisotopic (exact) mass is 303 g/mol. The first-order chi connectivity index (χ1) is 10.1. The molecule has 1 aliphatic rings. The highest BCUT2D eigenvalue weighted by Crippen LogP contribution is 2.41. The van der Waals surface area contributed by atoms with Gasteiger partial charge in [-0.05, 0) is 31.0 Å². The highest BCUT2D eigenvalue weighted by Gasteiger charge is 2.28. The van der Waals surface area contributed by atoms with Crippen LogP contribution in [0.25, 0.3) is 20.3 Å². The number of thiophene rings is 1. The summed E-state index contributed by atoms with van der Waals surface area (Å²) < 4.78 is 16.3. The van der Waals surface area contributed by atoms with Gasteiger partial charge in [0, 0.05) is 22.3 Å². The van der Waals surface area contributed by atoms with Crippen molar-refractivity contribution < 1.29 is 14.3 Å². The number of fused-ring (bicyclic) bond motifs is 3. The summed E-state index contributed by atoms with van der Waals surface area (Å²) in [4.78, 5) is 23.6. The van der Waals surface area contributed by atoms with Gasteiger partial charge in [0.2, 0.25) is 5.43 Å². The maximum atomic E-state index is 13.4. The number of hydrogen-bond acceptors (Lipinski definition) is 3. The van der Waals surface area contributed by atoms with Gasteiger partial charge in [-0.1, -0.05) is 0 Å². The lowest BCUT2D eigenvalue weighted by Gasteiger charge is -2.08. The Morgan fingerprint density at radius 3 is 2.81 bits per heavy atom. The number of aromatic carboxylic acids is 1. The van der Waals surface area contributed by atoms with E-state index in [-0.39, 0.29) is 17.4 Å². The third-order valence-corrected chi connectivity index (χ3v) is 4.91. The predicted molar refractivity (Wildman–Crippen MR) is 78.8 cm³/mol. The number of carboxylic acids is 1. The van der Waals surface area contributed by atoms with Crippen molar-refractivity contribution in [1.29, 1.82) is 0 Å². The van der Waals surface area contributed by atoms with Crippen LogP contribution >= 0.6 is 11.3 Å². The van der Waals surface area contributed by atoms with Crippen molar-refractivity contribution in [2.24, 2.45) is 0 Å². The van der Waals surface area contributed by atoms with Gasteiger partial charge in [-0.3, -0.25) is 4.79 Å². The number of nitrogens with zero attached hydrogens (tertiary/aromatic N) is 1. The number of pyridine rings is 1. The molecule has 0 amide bonds. The first-order valence-electron chi connectivity index (χ1n) is 6.56. The van der Waals surface area contributed by atoms with Crippen LogP contribution in [-0.2, 0) is 0 Å². The van der Waals surface area contributed by atoms with Crippen LogP contribution in [0.15, 0.2) is 29.2 Å². The topological polar surface area (TPSA) is 59.3 Å². The Bertz CT molecular complexity index is 968. The minimum absolute atomic E-state index is 0.221. The third-order valence-electron chi connectivity index (χ3n) is 3.77. The molecule has 0 bridgehead atoms. The molecule has 0 radical (unpaired) electrons. The summed E-state index contributed by atoms with van der Waals surface area (Å²) in [5, 5.41) is 10.0. The van der Waals surface area contributed by atoms with E-state index in [1.54, 1.807) is 6.07 Å². The zero-order valence-corrected chi connectivity index (χ0v) is 11.6. The van der Waals surface area contributed by atoms with Gasteiger partial charge in [0.1, 0.15) is 16.1 Å². The lowest BCUT2D eigenvalue weighted by Crippen LogP contribution is -2.17. The number of carboxylic acid groups (broad SMARTS) is 1. The third kappa shape index (κ3) is 1.79. The van der Waals surface area contributed by atoms with Gasteiger partial charge in [-0.25, -0.2) is 9.18 Å². The Balaban J connectivity index is 2.22. The largest absolute Gasteiger partial charge is 0.477 e. The molecule has 106 valence electrons. The van der Waals surface area contributed by atoms with Gasteiger partial charge in [0.15, 0.2) is 0 Å². The molecular formula is C15H10FNO3S. The van der Waals surface area contributed by atoms with Gasteiger partial charge in [-0.15, -0.1) is 11.3 Å². The Labute approximate surface area is 122 Å². The van der Waals surface area contributed by atoms with E-state index < -0.39 is 11.4 Å². The highest BCUT2D eigenvalue weighted by molar-refractivity contribution is 7.25. The zero-order valence-electron chi connectivity index (χ0n) is 10.8. The molecule has 3 aromatic rings. The first-order valence-corrected chi connectivity index (χ1v) is 7.38. The van der Waals surface area contributed by atoms with E-state index in [4.69, 9.17) is 0 Å². The molecule has 1 fully saturated rings. The van der Waals surface area contributed by atoms with Gasteiger partial charge >= 0.3 is 5.97 Å². The minimum Gasteiger partial charge on any atom is -0.477 e. The van der Waals surface area contributed by atoms with Gasteiger partial charge in [0.25, 0.3) is 0 Å². The molecule has 1 aromatic carbocycles. The van der Waals surface area contributed by atoms with Crippen LogP contribution in [0.1, 0.15) is 29.2 Å². The average molecular weight is 303 g/mol. The molecule has 21 heavy (non-hydrogen) atoms. The fraction of sp³-hybridized carbons (Fsp3) is 0.200. The van der Waals surface area contributed by atoms with E-state index >= 15 is 0 Å². The second kappa shape index (κ2) is 4.14. The summed E-state index contributed by atoms with van der Waals surface area (Å²) in [6.45, 7) is 0. The number of benzene rings is 1. The Kier molecular flexibility index (Phi) is 2.47. The molecule has 0 saturated heterocycles. The van der Waals surface area contributed by atoms with Gasteiger partial charge in [0.05, 0.1) is 5.52 Å². The quantitative estimate of drug-likeness (QED) is 0.789. The summed E-state index contributed by atoms with van der Waals surface area (Å²) in [6, 6.07) is 4.63. The predicted octanol–water partition coefficient (Wildman–Crippen LogP) is 3.39. The molecule has 4 rings (SSSR count). The molecule has 2 aromatic heterocycles. The highest BCUT2D eigenvalue weighted by atomic mass is 32.1. The van der Waals surface area contributed by atoms with E-state index in [0.29, 0.717) is 9.40 Å². The summed E-state index contributed by atoms with van der Waals surface area (Å²) in [5.41, 5.74) is 0.0185. The second-order valence-corrected chi connectivity index (χ2v) is 6.29. The van der Waals surface area contributed by atoms with E-state index in [1.807, 2.05) is 4.57 Å². The van der Waals surface area contributed by atoms with Gasteiger partial charge < -0.3 is 9.67 Å². The van der Waals surface area contributed by atoms with Crippen molar-refractivity contribution in [1.82, 2.24) is 4.57 Å². The van der Waals surface area contributed by atoms with Crippen LogP contribution in [0.2, 0.25) is 0 Å². The Morgan fingerprint density at radius 1 is 1.38 bits per heavy atom. The lowest BCUT2D eigenvalue weighted by atomic mass is 10.2. The molecule has 0 aliphatic heterocycles. The molecule has 6 heteroatoms. The van der Waals surface area contributed by atoms with Crippen LogP contribution in [0.3, 0.4) is 0 Å². The number of halogens is 1. The summed E-state index contributed by atoms with van der Waals surface area (Å²) in [5.74, 6) is -1.59. The van der Waals surface area contributed by atoms with E-state index in [2.05, 4.69) is 0 Å². The molecule has 0 unspecified atom stereocenters. The van der Waals surface area contributed by atoms with Crippen molar-refractivity contribution in [3.63, 3.8) is 0 Å². The van der Waals surface area contributed by atoms with E-state index in [1.165, 1.54) is 18.3 Å². The van der Waals surface area contributed by atoms with Crippen LogP contribution in [0, 0.1) is 5.82 Å². The summed E-state index contributed by atoms with van der Waals surface area (Å²) >= 11 is 1.16. The van der Waals surface area contributed by atoms with Crippen molar-refractivity contribution >= 4 is 37.6 Å². The molecule has 1 N–H and O–H groups in total. The summed E-state index contributed by atoms with van der Waals surface area (Å²) in [6.07, 6.45) is 3.37. The molecule has 0 spiro atoms. The molecular weight excluding hydrogens is 293 g/mol. The number of carbonyl (C=O) groups is 1. The second-order valence-electron chi connectivity index (χ2n) is 5.24. The van der Waals surface area contributed by atoms with Crippen LogP contribution in [0.4, 0.5) is 4.39 Å². The maximum Gasteiger partial charge on any atom is 0.341 e. The molecule has 1 aliphatic carbocycles. The molecule has 0 atom stereocenters. The van der Waals surface area contributed by atoms with Crippen molar-refractivity contribution in [3.8, 4) is 0 Å². The standard InChI is InChI=1S/C15H10FNO3S/c16-7-1-4-9-11(5-7)21-14-12(9)17(8-2-3-8)6-10(13(14)18)15(19)20/h1,4-6,8H,2-3H2,(H,19,20). The fourth-order valence-electron chi connectivity index (χ4n) is 2.64. The van der Waals surface area contributed by atoms with Crippen molar-refractivity contribution in [3.05, 3.63) is 46.0 Å². The molecule has 2 heterocycles. The summed E-state index contributed by atoms with van der Waals surface area (Å²) in [7, 11) is 0. The SMILES string of the molecule is O=C(O)c1cn(C2CC2)c2c(sc3cc(F)ccc32)c1=O. The molecule has 4 nitrogen and oxygen atoms in total. The Morgan fingerprint density at radius 2 is 2.14 bits per heavy atom. The Hall–Kier alpha value is -2.21. The van der Waals surface area contributed by atoms with Crippen LogP contribution in [-0.4, -0.2) is 15.6 Å². The normalized spacial score (nSPS) is 14.9. The van der Waals surface area contributed by atoms with E-state index in [0.717, 1.165) is 35.1 Å². The minimum atomic E-state index is -1.22. The first kappa shape index (κ1) is 12.5. The maximum absolute atomic E-state index is 13.4. The zero-order chi connectivity index (χ0) is 14.7. The van der Waals surface area contributed by atoms with Gasteiger partial charge in [-0.2, -0.15) is 0 Å². The number of aromatic nitrogens is 1. The van der Waals surface area contributed by atoms with Crippen molar-refractivity contribution in [2.75, 3.05) is 0 Å². The average Bonchev–Trinajstić information content (AvgIpc) is 3.20.